The summed E-state index contributed by atoms with van der Waals surface area (Å²) in [6, 6.07) is 19.7. The van der Waals surface area contributed by atoms with Gasteiger partial charge in [-0.15, -0.1) is 0 Å². The summed E-state index contributed by atoms with van der Waals surface area (Å²) in [5, 5.41) is 17.3. The Balaban J connectivity index is 1.53. The Hall–Kier alpha value is -3.75. The maximum absolute atomic E-state index is 15.8. The van der Waals surface area contributed by atoms with Crippen molar-refractivity contribution in [3.8, 4) is 5.75 Å². The first-order chi connectivity index (χ1) is 19.4. The normalized spacial score (nSPS) is 14.7. The summed E-state index contributed by atoms with van der Waals surface area (Å²) in [6.45, 7) is 3.15. The molecule has 1 aliphatic heterocycles. The van der Waals surface area contributed by atoms with Crippen molar-refractivity contribution >= 4 is 17.5 Å². The number of hydrogen-bond donors (Lipinski definition) is 3. The molecule has 7 nitrogen and oxygen atoms in total. The van der Waals surface area contributed by atoms with Crippen molar-refractivity contribution in [2.24, 2.45) is 0 Å². The van der Waals surface area contributed by atoms with Crippen LogP contribution in [0.4, 0.5) is 10.1 Å². The zero-order chi connectivity index (χ0) is 28.5. The van der Waals surface area contributed by atoms with Gasteiger partial charge in [0.1, 0.15) is 5.75 Å². The molecule has 0 aromatic heterocycles. The Kier molecular flexibility index (Phi) is 10.3. The molecule has 2 atom stereocenters. The Morgan fingerprint density at radius 2 is 1.85 bits per heavy atom. The number of carbonyl (C=O) groups excluding carboxylic acids is 2. The zero-order valence-electron chi connectivity index (χ0n) is 23.2. The molecule has 2 amide bonds. The number of amides is 2. The van der Waals surface area contributed by atoms with Gasteiger partial charge in [0.2, 0.25) is 5.91 Å². The lowest BCUT2D eigenvalue weighted by Gasteiger charge is -2.26. The first kappa shape index (κ1) is 29.2. The van der Waals surface area contributed by atoms with Crippen LogP contribution in [-0.2, 0) is 24.2 Å². The van der Waals surface area contributed by atoms with Gasteiger partial charge in [-0.25, -0.2) is 4.39 Å². The number of nitrogens with one attached hydrogen (secondary N) is 2. The Morgan fingerprint density at radius 1 is 1.07 bits per heavy atom. The third-order valence-corrected chi connectivity index (χ3v) is 7.16. The van der Waals surface area contributed by atoms with E-state index in [0.717, 1.165) is 28.9 Å². The molecule has 212 valence electrons. The van der Waals surface area contributed by atoms with Gasteiger partial charge in [-0.05, 0) is 60.2 Å². The number of nitrogens with zero attached hydrogens (tertiary/aromatic N) is 1. The molecule has 0 bridgehead atoms. The summed E-state index contributed by atoms with van der Waals surface area (Å²) in [5.74, 6) is -0.720. The first-order valence-electron chi connectivity index (χ1n) is 13.9. The second kappa shape index (κ2) is 14.1. The smallest absolute Gasteiger partial charge is 0.254 e. The van der Waals surface area contributed by atoms with Crippen molar-refractivity contribution in [2.75, 3.05) is 25.1 Å². The number of halogens is 1. The van der Waals surface area contributed by atoms with Crippen LogP contribution in [0.2, 0.25) is 0 Å². The summed E-state index contributed by atoms with van der Waals surface area (Å²) >= 11 is 0. The quantitative estimate of drug-likeness (QED) is 0.295. The lowest BCUT2D eigenvalue weighted by Crippen LogP contribution is -2.49. The van der Waals surface area contributed by atoms with E-state index < -0.39 is 23.9 Å². The molecular weight excluding hydrogens is 509 g/mol. The number of rotatable bonds is 13. The number of benzene rings is 3. The summed E-state index contributed by atoms with van der Waals surface area (Å²) in [5.41, 5.74) is 2.76. The Bertz CT molecular complexity index is 1300. The van der Waals surface area contributed by atoms with Gasteiger partial charge in [0.05, 0.1) is 30.5 Å². The van der Waals surface area contributed by atoms with Gasteiger partial charge < -0.3 is 25.4 Å². The number of hydrogen-bond acceptors (Lipinski definition) is 5. The third-order valence-electron chi connectivity index (χ3n) is 7.16. The molecule has 1 aliphatic rings. The second-order valence-electron chi connectivity index (χ2n) is 10.2. The van der Waals surface area contributed by atoms with Crippen LogP contribution in [0.5, 0.6) is 5.75 Å². The minimum absolute atomic E-state index is 0.116. The van der Waals surface area contributed by atoms with E-state index in [-0.39, 0.29) is 23.7 Å². The van der Waals surface area contributed by atoms with Crippen molar-refractivity contribution in [2.45, 2.75) is 57.7 Å². The minimum Gasteiger partial charge on any atom is -0.497 e. The fourth-order valence-electron chi connectivity index (χ4n) is 5.05. The number of methoxy groups -OCH3 is 1. The monoisotopic (exact) mass is 547 g/mol. The predicted molar refractivity (Wildman–Crippen MR) is 154 cm³/mol. The average Bonchev–Trinajstić information content (AvgIpc) is 3.39. The number of aliphatic hydroxyl groups is 1. The molecule has 3 aromatic carbocycles. The van der Waals surface area contributed by atoms with Gasteiger partial charge in [-0.2, -0.15) is 0 Å². The molecule has 40 heavy (non-hydrogen) atoms. The predicted octanol–water partition coefficient (Wildman–Crippen LogP) is 4.41. The van der Waals surface area contributed by atoms with Crippen LogP contribution < -0.4 is 20.3 Å². The van der Waals surface area contributed by atoms with Crippen LogP contribution in [0.15, 0.2) is 66.7 Å². The molecule has 0 aliphatic carbocycles. The molecule has 3 aromatic rings. The molecule has 0 spiro atoms. The highest BCUT2D eigenvalue weighted by molar-refractivity contribution is 6.00. The topological polar surface area (TPSA) is 90.9 Å². The first-order valence-corrected chi connectivity index (χ1v) is 13.9. The maximum Gasteiger partial charge on any atom is 0.254 e. The van der Waals surface area contributed by atoms with Gasteiger partial charge in [-0.1, -0.05) is 55.8 Å². The highest BCUT2D eigenvalue weighted by Crippen LogP contribution is 2.29. The summed E-state index contributed by atoms with van der Waals surface area (Å²) in [4.78, 5) is 27.4. The standard InChI is InChI=1S/C32H38FN3O4/c1-3-9-23-17-26(31(33)28(19-23)36-15-8-14-30(36)38)32(39)35-27(18-22-10-5-4-6-11-22)29(37)21-34-20-24-12-7-13-25(16-24)40-2/h4-7,10-13,16-17,19,27,29,34,37H,3,8-9,14-15,18,20-21H2,1-2H3,(H,35,39)/t27-,29+/m0/s1. The number of anilines is 1. The highest BCUT2D eigenvalue weighted by atomic mass is 19.1. The fraction of sp³-hybridized carbons (Fsp3) is 0.375. The van der Waals surface area contributed by atoms with E-state index in [0.29, 0.717) is 38.8 Å². The molecule has 1 saturated heterocycles. The van der Waals surface area contributed by atoms with Crippen LogP contribution >= 0.6 is 0 Å². The molecule has 0 radical (unpaired) electrons. The lowest BCUT2D eigenvalue weighted by molar-refractivity contribution is -0.117. The Labute approximate surface area is 235 Å². The van der Waals surface area contributed by atoms with E-state index in [1.807, 2.05) is 61.5 Å². The van der Waals surface area contributed by atoms with Gasteiger partial charge >= 0.3 is 0 Å². The van der Waals surface area contributed by atoms with Gasteiger partial charge in [0.25, 0.3) is 5.91 Å². The van der Waals surface area contributed by atoms with Crippen LogP contribution in [0.25, 0.3) is 0 Å². The molecular formula is C32H38FN3O4. The van der Waals surface area contributed by atoms with E-state index >= 15 is 4.39 Å². The largest absolute Gasteiger partial charge is 0.497 e. The molecule has 3 N–H and O–H groups in total. The maximum atomic E-state index is 15.8. The molecule has 0 saturated carbocycles. The molecule has 4 rings (SSSR count). The molecule has 1 fully saturated rings. The van der Waals surface area contributed by atoms with E-state index in [2.05, 4.69) is 10.6 Å². The van der Waals surface area contributed by atoms with E-state index in [4.69, 9.17) is 4.74 Å². The molecule has 8 heteroatoms. The zero-order valence-corrected chi connectivity index (χ0v) is 23.2. The Morgan fingerprint density at radius 3 is 2.55 bits per heavy atom. The summed E-state index contributed by atoms with van der Waals surface area (Å²) < 4.78 is 21.0. The summed E-state index contributed by atoms with van der Waals surface area (Å²) in [7, 11) is 1.61. The van der Waals surface area contributed by atoms with Crippen LogP contribution in [0, 0.1) is 5.82 Å². The lowest BCUT2D eigenvalue weighted by atomic mass is 9.99. The number of aliphatic hydroxyl groups excluding tert-OH is 1. The summed E-state index contributed by atoms with van der Waals surface area (Å²) in [6.07, 6.45) is 1.91. The number of ether oxygens (including phenoxy) is 1. The SMILES string of the molecule is CCCc1cc(C(=O)N[C@@H](Cc2ccccc2)[C@H](O)CNCc2cccc(OC)c2)c(F)c(N2CCCC2=O)c1. The van der Waals surface area contributed by atoms with Crippen molar-refractivity contribution < 1.29 is 23.8 Å². The molecule has 0 unspecified atom stereocenters. The fourth-order valence-corrected chi connectivity index (χ4v) is 5.05. The van der Waals surface area contributed by atoms with Crippen molar-refractivity contribution in [3.63, 3.8) is 0 Å². The van der Waals surface area contributed by atoms with E-state index in [1.54, 1.807) is 19.2 Å². The van der Waals surface area contributed by atoms with Gasteiger partial charge in [0.15, 0.2) is 5.82 Å². The third kappa shape index (κ3) is 7.46. The van der Waals surface area contributed by atoms with Crippen LogP contribution in [-0.4, -0.2) is 49.3 Å². The minimum atomic E-state index is -0.948. The van der Waals surface area contributed by atoms with E-state index in [9.17, 15) is 14.7 Å². The number of carbonyl (C=O) groups is 2. The van der Waals surface area contributed by atoms with Crippen molar-refractivity contribution in [3.05, 3.63) is 94.8 Å². The van der Waals surface area contributed by atoms with Crippen molar-refractivity contribution in [1.82, 2.24) is 10.6 Å². The molecule has 1 heterocycles. The van der Waals surface area contributed by atoms with Gasteiger partial charge in [-0.3, -0.25) is 9.59 Å². The van der Waals surface area contributed by atoms with Crippen LogP contribution in [0.1, 0.15) is 53.2 Å². The highest BCUT2D eigenvalue weighted by Gasteiger charge is 2.29. The average molecular weight is 548 g/mol. The number of aryl methyl sites for hydroxylation is 1. The van der Waals surface area contributed by atoms with E-state index in [1.165, 1.54) is 4.90 Å². The second-order valence-corrected chi connectivity index (χ2v) is 10.2. The van der Waals surface area contributed by atoms with Crippen molar-refractivity contribution in [1.29, 1.82) is 0 Å². The van der Waals surface area contributed by atoms with Gasteiger partial charge in [0, 0.05) is 26.1 Å². The van der Waals surface area contributed by atoms with Crippen LogP contribution in [0.3, 0.4) is 0 Å².